The van der Waals surface area contributed by atoms with Crippen LogP contribution in [0.4, 0.5) is 0 Å². The number of ketones is 1. The number of rotatable bonds is 8. The van der Waals surface area contributed by atoms with E-state index in [9.17, 15) is 14.7 Å². The lowest BCUT2D eigenvalue weighted by Gasteiger charge is -2.19. The van der Waals surface area contributed by atoms with Gasteiger partial charge >= 0.3 is 0 Å². The van der Waals surface area contributed by atoms with Crippen LogP contribution in [-0.2, 0) is 0 Å². The number of aryl methyl sites for hydroxylation is 1. The number of nitrogen functional groups attached to an aromatic ring is 1. The zero-order chi connectivity index (χ0) is 16.7. The van der Waals surface area contributed by atoms with Crippen LogP contribution in [0.1, 0.15) is 39.6 Å². The van der Waals surface area contributed by atoms with Crippen molar-refractivity contribution in [3.8, 4) is 0 Å². The summed E-state index contributed by atoms with van der Waals surface area (Å²) in [4.78, 5) is 24.2. The van der Waals surface area contributed by atoms with Gasteiger partial charge in [-0.2, -0.15) is 11.8 Å². The Bertz CT molecular complexity index is 537. The second-order valence-corrected chi connectivity index (χ2v) is 6.37. The first-order chi connectivity index (χ1) is 10.4. The lowest BCUT2D eigenvalue weighted by Crippen LogP contribution is -2.42. The molecule has 0 aliphatic rings. The fourth-order valence-electron chi connectivity index (χ4n) is 2.01. The van der Waals surface area contributed by atoms with Crippen LogP contribution in [0.5, 0.6) is 0 Å². The van der Waals surface area contributed by atoms with E-state index in [4.69, 9.17) is 11.6 Å². The van der Waals surface area contributed by atoms with Crippen molar-refractivity contribution in [1.29, 1.82) is 0 Å². The van der Waals surface area contributed by atoms with E-state index in [1.807, 2.05) is 12.3 Å². The van der Waals surface area contributed by atoms with Gasteiger partial charge in [0.15, 0.2) is 5.78 Å². The Hall–Kier alpha value is -1.41. The van der Waals surface area contributed by atoms with Gasteiger partial charge in [0.25, 0.3) is 5.91 Å². The summed E-state index contributed by atoms with van der Waals surface area (Å²) in [6, 6.07) is 4.10. The van der Waals surface area contributed by atoms with Crippen molar-refractivity contribution in [2.24, 2.45) is 11.6 Å². The van der Waals surface area contributed by atoms with Gasteiger partial charge in [-0.3, -0.25) is 15.0 Å². The molecule has 1 aromatic carbocycles. The maximum Gasteiger partial charge on any atom is 0.265 e. The number of amides is 1. The molecule has 0 bridgehead atoms. The van der Waals surface area contributed by atoms with Crippen molar-refractivity contribution in [1.82, 2.24) is 5.43 Å². The van der Waals surface area contributed by atoms with E-state index in [1.165, 1.54) is 6.07 Å². The van der Waals surface area contributed by atoms with Crippen LogP contribution in [0.3, 0.4) is 0 Å². The Balaban J connectivity index is 2.96. The van der Waals surface area contributed by atoms with E-state index in [1.54, 1.807) is 30.8 Å². The molecule has 0 radical (unpaired) electrons. The molecule has 1 aromatic rings. The maximum absolute atomic E-state index is 12.5. The number of benzene rings is 1. The van der Waals surface area contributed by atoms with Gasteiger partial charge in [0, 0.05) is 11.6 Å². The molecule has 7 heteroatoms. The fourth-order valence-corrected chi connectivity index (χ4v) is 2.74. The van der Waals surface area contributed by atoms with E-state index >= 15 is 0 Å². The van der Waals surface area contributed by atoms with E-state index in [0.717, 1.165) is 17.1 Å². The average Bonchev–Trinajstić information content (AvgIpc) is 2.52. The van der Waals surface area contributed by atoms with Gasteiger partial charge in [-0.15, -0.1) is 0 Å². The number of carbonyl (C=O) groups excluding carboxylic acids is 2. The second-order valence-electron chi connectivity index (χ2n) is 4.98. The highest BCUT2D eigenvalue weighted by Crippen LogP contribution is 2.16. The molecule has 0 fully saturated rings. The summed E-state index contributed by atoms with van der Waals surface area (Å²) in [5.41, 5.74) is 8.95. The molecular formula is C15H23N3O3S. The van der Waals surface area contributed by atoms with Gasteiger partial charge in [-0.1, -0.05) is 18.6 Å². The lowest BCUT2D eigenvalue weighted by atomic mass is 9.94. The highest BCUT2D eigenvalue weighted by Gasteiger charge is 2.27. The number of thioether (sulfide) groups is 1. The van der Waals surface area contributed by atoms with E-state index in [-0.39, 0.29) is 11.1 Å². The molecule has 22 heavy (non-hydrogen) atoms. The first kappa shape index (κ1) is 18.6. The Kier molecular flexibility index (Phi) is 7.53. The average molecular weight is 325 g/mol. The molecule has 6 nitrogen and oxygen atoms in total. The largest absolute Gasteiger partial charge is 0.383 e. The molecule has 0 saturated carbocycles. The SMILES string of the molecule is CCSCC[C@@H](N)C(O)C(=O)c1cc(C)ccc1C(=O)NN. The Morgan fingerprint density at radius 3 is 2.64 bits per heavy atom. The summed E-state index contributed by atoms with van der Waals surface area (Å²) in [6.07, 6.45) is -0.820. The molecule has 0 heterocycles. The molecule has 0 saturated heterocycles. The Morgan fingerprint density at radius 1 is 1.36 bits per heavy atom. The van der Waals surface area contributed by atoms with Crippen LogP contribution in [0.2, 0.25) is 0 Å². The standard InChI is InChI=1S/C15H23N3O3S/c1-3-22-7-6-12(16)14(20)13(19)11-8-9(2)4-5-10(11)15(21)18-17/h4-5,8,12,14,20H,3,6-7,16-17H2,1-2H3,(H,18,21)/t12-,14?/m1/s1. The van der Waals surface area contributed by atoms with Crippen molar-refractivity contribution < 1.29 is 14.7 Å². The minimum atomic E-state index is -1.34. The van der Waals surface area contributed by atoms with Gasteiger partial charge in [0.05, 0.1) is 5.56 Å². The summed E-state index contributed by atoms with van der Waals surface area (Å²) in [7, 11) is 0. The Labute approximate surface area is 134 Å². The molecule has 0 aliphatic carbocycles. The van der Waals surface area contributed by atoms with Gasteiger partial charge in [-0.05, 0) is 37.0 Å². The van der Waals surface area contributed by atoms with Crippen LogP contribution >= 0.6 is 11.8 Å². The Morgan fingerprint density at radius 2 is 2.05 bits per heavy atom. The number of Topliss-reactive ketones (excluding diaryl/α,β-unsaturated/α-hetero) is 1. The predicted octanol–water partition coefficient (Wildman–Crippen LogP) is 0.613. The van der Waals surface area contributed by atoms with Crippen LogP contribution in [0.25, 0.3) is 0 Å². The summed E-state index contributed by atoms with van der Waals surface area (Å²) in [5, 5.41) is 10.2. The van der Waals surface area contributed by atoms with Crippen LogP contribution < -0.4 is 17.0 Å². The molecule has 1 unspecified atom stereocenters. The van der Waals surface area contributed by atoms with Crippen molar-refractivity contribution in [3.63, 3.8) is 0 Å². The topological polar surface area (TPSA) is 118 Å². The summed E-state index contributed by atoms with van der Waals surface area (Å²) in [5.74, 6) is 5.71. The highest BCUT2D eigenvalue weighted by molar-refractivity contribution is 7.99. The predicted molar refractivity (Wildman–Crippen MR) is 88.8 cm³/mol. The molecule has 122 valence electrons. The van der Waals surface area contributed by atoms with E-state index in [2.05, 4.69) is 0 Å². The molecule has 1 amide bonds. The molecule has 0 aromatic heterocycles. The van der Waals surface area contributed by atoms with Gasteiger partial charge in [-0.25, -0.2) is 5.84 Å². The third-order valence-electron chi connectivity index (χ3n) is 3.29. The fraction of sp³-hybridized carbons (Fsp3) is 0.467. The number of hydrogen-bond acceptors (Lipinski definition) is 6. The second kappa shape index (κ2) is 8.89. The number of nitrogens with one attached hydrogen (secondary N) is 1. The minimum Gasteiger partial charge on any atom is -0.383 e. The van der Waals surface area contributed by atoms with Gasteiger partial charge < -0.3 is 10.8 Å². The summed E-state index contributed by atoms with van der Waals surface area (Å²) >= 11 is 1.69. The summed E-state index contributed by atoms with van der Waals surface area (Å²) < 4.78 is 0. The van der Waals surface area contributed by atoms with Crippen LogP contribution in [0, 0.1) is 6.92 Å². The van der Waals surface area contributed by atoms with E-state index < -0.39 is 23.8 Å². The monoisotopic (exact) mass is 325 g/mol. The first-order valence-electron chi connectivity index (χ1n) is 7.09. The normalized spacial score (nSPS) is 13.5. The molecule has 1 rings (SSSR count). The highest BCUT2D eigenvalue weighted by atomic mass is 32.2. The minimum absolute atomic E-state index is 0.132. The van der Waals surface area contributed by atoms with Crippen molar-refractivity contribution >= 4 is 23.5 Å². The number of aliphatic hydroxyl groups is 1. The zero-order valence-corrected chi connectivity index (χ0v) is 13.7. The van der Waals surface area contributed by atoms with Crippen molar-refractivity contribution in [2.45, 2.75) is 32.4 Å². The number of hydrazine groups is 1. The van der Waals surface area contributed by atoms with Gasteiger partial charge in [0.1, 0.15) is 6.10 Å². The number of aliphatic hydroxyl groups excluding tert-OH is 1. The molecule has 2 atom stereocenters. The maximum atomic E-state index is 12.5. The number of carbonyl (C=O) groups is 2. The number of hydrogen-bond donors (Lipinski definition) is 4. The van der Waals surface area contributed by atoms with Crippen LogP contribution in [0.15, 0.2) is 18.2 Å². The van der Waals surface area contributed by atoms with Gasteiger partial charge in [0.2, 0.25) is 0 Å². The first-order valence-corrected chi connectivity index (χ1v) is 8.25. The van der Waals surface area contributed by atoms with Crippen LogP contribution in [-0.4, -0.2) is 40.4 Å². The molecule has 6 N–H and O–H groups in total. The third kappa shape index (κ3) is 4.81. The molecule has 0 spiro atoms. The molecular weight excluding hydrogens is 302 g/mol. The lowest BCUT2D eigenvalue weighted by molar-refractivity contribution is 0.0687. The smallest absolute Gasteiger partial charge is 0.265 e. The number of nitrogens with two attached hydrogens (primary N) is 2. The van der Waals surface area contributed by atoms with Crippen molar-refractivity contribution in [3.05, 3.63) is 34.9 Å². The third-order valence-corrected chi connectivity index (χ3v) is 4.22. The molecule has 0 aliphatic heterocycles. The quantitative estimate of drug-likeness (QED) is 0.183. The zero-order valence-electron chi connectivity index (χ0n) is 12.8. The van der Waals surface area contributed by atoms with Crippen molar-refractivity contribution in [2.75, 3.05) is 11.5 Å². The summed E-state index contributed by atoms with van der Waals surface area (Å²) in [6.45, 7) is 3.83. The van der Waals surface area contributed by atoms with E-state index in [0.29, 0.717) is 6.42 Å².